The van der Waals surface area contributed by atoms with E-state index in [0.717, 1.165) is 6.42 Å². The predicted octanol–water partition coefficient (Wildman–Crippen LogP) is 2.59. The number of hydrogen-bond donors (Lipinski definition) is 1. The van der Waals surface area contributed by atoms with Gasteiger partial charge in [0, 0.05) is 18.4 Å². The first-order chi connectivity index (χ1) is 8.72. The van der Waals surface area contributed by atoms with E-state index in [4.69, 9.17) is 5.73 Å². The van der Waals surface area contributed by atoms with Crippen LogP contribution in [-0.4, -0.2) is 30.5 Å². The van der Waals surface area contributed by atoms with Crippen LogP contribution in [0.5, 0.6) is 0 Å². The zero-order valence-electron chi connectivity index (χ0n) is 11.9. The average Bonchev–Trinajstić information content (AvgIpc) is 2.37. The van der Waals surface area contributed by atoms with Crippen molar-refractivity contribution < 1.29 is 0 Å². The highest BCUT2D eigenvalue weighted by Gasteiger charge is 1.97. The van der Waals surface area contributed by atoms with Crippen molar-refractivity contribution in [1.29, 1.82) is 0 Å². The maximum atomic E-state index is 5.62. The third-order valence-corrected chi connectivity index (χ3v) is 3.15. The molecular formula is C15H27N3. The molecule has 3 nitrogen and oxygen atoms in total. The van der Waals surface area contributed by atoms with Crippen molar-refractivity contribution in [2.24, 2.45) is 5.73 Å². The standard InChI is InChI=1S/C15H27N3/c1-18(2)11-7-5-3-4-6-8-15-12-14(13-16)9-10-17-15/h9-10,12H,3-8,11,13,16H2,1-2H3. The minimum Gasteiger partial charge on any atom is -0.326 e. The van der Waals surface area contributed by atoms with E-state index < -0.39 is 0 Å². The number of nitrogens with two attached hydrogens (primary N) is 1. The van der Waals surface area contributed by atoms with Gasteiger partial charge in [-0.2, -0.15) is 0 Å². The van der Waals surface area contributed by atoms with Gasteiger partial charge in [0.05, 0.1) is 0 Å². The number of rotatable bonds is 9. The summed E-state index contributed by atoms with van der Waals surface area (Å²) in [6, 6.07) is 4.12. The lowest BCUT2D eigenvalue weighted by atomic mass is 10.1. The maximum Gasteiger partial charge on any atom is 0.0406 e. The summed E-state index contributed by atoms with van der Waals surface area (Å²) < 4.78 is 0. The third kappa shape index (κ3) is 6.72. The molecule has 18 heavy (non-hydrogen) atoms. The van der Waals surface area contributed by atoms with Crippen LogP contribution in [-0.2, 0) is 13.0 Å². The van der Waals surface area contributed by atoms with Crippen LogP contribution in [0.2, 0.25) is 0 Å². The summed E-state index contributed by atoms with van der Waals surface area (Å²) in [7, 11) is 4.27. The highest BCUT2D eigenvalue weighted by molar-refractivity contribution is 5.15. The Morgan fingerprint density at radius 2 is 1.83 bits per heavy atom. The molecule has 0 aromatic carbocycles. The Kier molecular flexibility index (Phi) is 7.62. The van der Waals surface area contributed by atoms with Crippen LogP contribution < -0.4 is 5.73 Å². The molecule has 0 spiro atoms. The second kappa shape index (κ2) is 9.06. The molecule has 0 unspecified atom stereocenters. The van der Waals surface area contributed by atoms with Crippen LogP contribution in [0.15, 0.2) is 18.3 Å². The first kappa shape index (κ1) is 15.1. The Balaban J connectivity index is 2.06. The Morgan fingerprint density at radius 3 is 2.56 bits per heavy atom. The van der Waals surface area contributed by atoms with Crippen LogP contribution in [0.3, 0.4) is 0 Å². The normalized spacial score (nSPS) is 11.1. The predicted molar refractivity (Wildman–Crippen MR) is 77.5 cm³/mol. The van der Waals surface area contributed by atoms with E-state index in [0.29, 0.717) is 6.54 Å². The fourth-order valence-electron chi connectivity index (χ4n) is 2.06. The minimum absolute atomic E-state index is 0.611. The van der Waals surface area contributed by atoms with Gasteiger partial charge in [-0.05, 0) is 57.6 Å². The monoisotopic (exact) mass is 249 g/mol. The van der Waals surface area contributed by atoms with Crippen molar-refractivity contribution in [3.8, 4) is 0 Å². The number of aromatic nitrogens is 1. The Bertz CT molecular complexity index is 323. The smallest absolute Gasteiger partial charge is 0.0406 e. The van der Waals surface area contributed by atoms with Gasteiger partial charge in [0.25, 0.3) is 0 Å². The summed E-state index contributed by atoms with van der Waals surface area (Å²) in [6.45, 7) is 1.82. The molecule has 1 heterocycles. The minimum atomic E-state index is 0.611. The lowest BCUT2D eigenvalue weighted by Crippen LogP contribution is -2.12. The summed E-state index contributed by atoms with van der Waals surface area (Å²) in [5, 5.41) is 0. The molecule has 1 aromatic heterocycles. The van der Waals surface area contributed by atoms with Crippen LogP contribution in [0.4, 0.5) is 0 Å². The molecule has 0 bridgehead atoms. The quantitative estimate of drug-likeness (QED) is 0.684. The third-order valence-electron chi connectivity index (χ3n) is 3.15. The summed E-state index contributed by atoms with van der Waals surface area (Å²) in [5.41, 5.74) is 7.99. The molecule has 0 saturated carbocycles. The van der Waals surface area contributed by atoms with Gasteiger partial charge in [0.15, 0.2) is 0 Å². The molecule has 0 saturated heterocycles. The SMILES string of the molecule is CN(C)CCCCCCCc1cc(CN)ccn1. The number of hydrogen-bond acceptors (Lipinski definition) is 3. The largest absolute Gasteiger partial charge is 0.326 e. The highest BCUT2D eigenvalue weighted by Crippen LogP contribution is 2.09. The van der Waals surface area contributed by atoms with E-state index in [1.807, 2.05) is 12.3 Å². The van der Waals surface area contributed by atoms with Gasteiger partial charge in [-0.3, -0.25) is 4.98 Å². The van der Waals surface area contributed by atoms with Gasteiger partial charge in [-0.15, -0.1) is 0 Å². The second-order valence-corrected chi connectivity index (χ2v) is 5.18. The van der Waals surface area contributed by atoms with Crippen LogP contribution in [0.25, 0.3) is 0 Å². The van der Waals surface area contributed by atoms with Crippen molar-refractivity contribution in [1.82, 2.24) is 9.88 Å². The van der Waals surface area contributed by atoms with E-state index in [9.17, 15) is 0 Å². The number of unbranched alkanes of at least 4 members (excludes halogenated alkanes) is 4. The first-order valence-electron chi connectivity index (χ1n) is 7.01. The molecule has 0 aliphatic heterocycles. The molecule has 0 atom stereocenters. The maximum absolute atomic E-state index is 5.62. The Hall–Kier alpha value is -0.930. The molecule has 0 radical (unpaired) electrons. The van der Waals surface area contributed by atoms with E-state index >= 15 is 0 Å². The van der Waals surface area contributed by atoms with Crippen molar-refractivity contribution in [3.63, 3.8) is 0 Å². The van der Waals surface area contributed by atoms with Gasteiger partial charge < -0.3 is 10.6 Å². The average molecular weight is 249 g/mol. The molecule has 3 heteroatoms. The first-order valence-corrected chi connectivity index (χ1v) is 7.01. The zero-order chi connectivity index (χ0) is 13.2. The lowest BCUT2D eigenvalue weighted by molar-refractivity contribution is 0.389. The zero-order valence-corrected chi connectivity index (χ0v) is 11.9. The van der Waals surface area contributed by atoms with Crippen molar-refractivity contribution in [2.75, 3.05) is 20.6 Å². The molecular weight excluding hydrogens is 222 g/mol. The number of nitrogens with zero attached hydrogens (tertiary/aromatic N) is 2. The lowest BCUT2D eigenvalue weighted by Gasteiger charge is -2.08. The molecule has 0 amide bonds. The highest BCUT2D eigenvalue weighted by atomic mass is 15.0. The van der Waals surface area contributed by atoms with Gasteiger partial charge in [0.2, 0.25) is 0 Å². The van der Waals surface area contributed by atoms with Crippen molar-refractivity contribution in [2.45, 2.75) is 45.1 Å². The van der Waals surface area contributed by atoms with Crippen LogP contribution in [0.1, 0.15) is 43.4 Å². The van der Waals surface area contributed by atoms with Crippen molar-refractivity contribution >= 4 is 0 Å². The molecule has 102 valence electrons. The molecule has 0 aliphatic carbocycles. The van der Waals surface area contributed by atoms with E-state index in [2.05, 4.69) is 30.0 Å². The number of aryl methyl sites for hydroxylation is 1. The van der Waals surface area contributed by atoms with E-state index in [-0.39, 0.29) is 0 Å². The van der Waals surface area contributed by atoms with Crippen molar-refractivity contribution in [3.05, 3.63) is 29.6 Å². The topological polar surface area (TPSA) is 42.1 Å². The fourth-order valence-corrected chi connectivity index (χ4v) is 2.06. The summed E-state index contributed by atoms with van der Waals surface area (Å²) in [5.74, 6) is 0. The molecule has 1 aromatic rings. The number of pyridine rings is 1. The second-order valence-electron chi connectivity index (χ2n) is 5.18. The van der Waals surface area contributed by atoms with Gasteiger partial charge >= 0.3 is 0 Å². The summed E-state index contributed by atoms with van der Waals surface area (Å²) in [4.78, 5) is 6.63. The molecule has 2 N–H and O–H groups in total. The molecule has 0 fully saturated rings. The summed E-state index contributed by atoms with van der Waals surface area (Å²) in [6.07, 6.45) is 9.49. The fraction of sp³-hybridized carbons (Fsp3) is 0.667. The van der Waals surface area contributed by atoms with Crippen LogP contribution >= 0.6 is 0 Å². The van der Waals surface area contributed by atoms with Gasteiger partial charge in [-0.25, -0.2) is 0 Å². The summed E-state index contributed by atoms with van der Waals surface area (Å²) >= 11 is 0. The molecule has 0 aliphatic rings. The van der Waals surface area contributed by atoms with Gasteiger partial charge in [0.1, 0.15) is 0 Å². The van der Waals surface area contributed by atoms with E-state index in [1.165, 1.54) is 49.9 Å². The van der Waals surface area contributed by atoms with E-state index in [1.54, 1.807) is 0 Å². The van der Waals surface area contributed by atoms with Gasteiger partial charge in [-0.1, -0.05) is 19.3 Å². The molecule has 1 rings (SSSR count). The Morgan fingerprint density at radius 1 is 1.11 bits per heavy atom. The Labute approximate surface area is 111 Å². The van der Waals surface area contributed by atoms with Crippen LogP contribution in [0, 0.1) is 0 Å².